The number of nitro benzene ring substituents is 1. The van der Waals surface area contributed by atoms with Crippen LogP contribution in [0.25, 0.3) is 0 Å². The van der Waals surface area contributed by atoms with Crippen molar-refractivity contribution >= 4 is 17.2 Å². The number of rotatable bonds is 3. The summed E-state index contributed by atoms with van der Waals surface area (Å²) in [6.07, 6.45) is 0.402. The summed E-state index contributed by atoms with van der Waals surface area (Å²) in [4.78, 5) is 23.8. The Morgan fingerprint density at radius 3 is 2.75 bits per heavy atom. The standard InChI is InChI=1S/C14H18N2O4/c1-9-5-6-15(8-14(9)18)11-3-4-12(10(2)17)13(7-11)16(19)20/h3-4,7,9,14,18H,5-6,8H2,1-2H3. The number of benzene rings is 1. The maximum atomic E-state index is 11.4. The summed E-state index contributed by atoms with van der Waals surface area (Å²) in [6.45, 7) is 4.50. The molecule has 2 atom stereocenters. The van der Waals surface area contributed by atoms with Crippen molar-refractivity contribution in [3.8, 4) is 0 Å². The van der Waals surface area contributed by atoms with E-state index in [0.29, 0.717) is 12.2 Å². The van der Waals surface area contributed by atoms with Crippen molar-refractivity contribution in [3.63, 3.8) is 0 Å². The van der Waals surface area contributed by atoms with E-state index in [1.54, 1.807) is 6.07 Å². The first-order valence-corrected chi connectivity index (χ1v) is 6.62. The largest absolute Gasteiger partial charge is 0.391 e. The number of hydrogen-bond acceptors (Lipinski definition) is 5. The number of ketones is 1. The zero-order chi connectivity index (χ0) is 14.9. The number of aliphatic hydroxyl groups is 1. The van der Waals surface area contributed by atoms with Gasteiger partial charge >= 0.3 is 0 Å². The number of hydrogen-bond donors (Lipinski definition) is 1. The van der Waals surface area contributed by atoms with E-state index in [1.165, 1.54) is 19.1 Å². The maximum absolute atomic E-state index is 11.4. The second-order valence-corrected chi connectivity index (χ2v) is 5.29. The highest BCUT2D eigenvalue weighted by Crippen LogP contribution is 2.29. The minimum Gasteiger partial charge on any atom is -0.391 e. The van der Waals surface area contributed by atoms with Gasteiger partial charge in [-0.2, -0.15) is 0 Å². The van der Waals surface area contributed by atoms with Crippen LogP contribution in [0.4, 0.5) is 11.4 Å². The molecule has 6 heteroatoms. The maximum Gasteiger partial charge on any atom is 0.282 e. The molecule has 0 spiro atoms. The molecule has 1 N–H and O–H groups in total. The molecule has 1 fully saturated rings. The molecule has 2 rings (SSSR count). The fraction of sp³-hybridized carbons (Fsp3) is 0.500. The molecule has 20 heavy (non-hydrogen) atoms. The average Bonchev–Trinajstić information content (AvgIpc) is 2.41. The van der Waals surface area contributed by atoms with Crippen molar-refractivity contribution in [2.45, 2.75) is 26.4 Å². The number of nitro groups is 1. The number of carbonyl (C=O) groups excluding carboxylic acids is 1. The fourth-order valence-corrected chi connectivity index (χ4v) is 2.45. The van der Waals surface area contributed by atoms with Crippen LogP contribution < -0.4 is 4.90 Å². The lowest BCUT2D eigenvalue weighted by Crippen LogP contribution is -2.42. The van der Waals surface area contributed by atoms with E-state index in [-0.39, 0.29) is 23.0 Å². The third kappa shape index (κ3) is 2.80. The van der Waals surface area contributed by atoms with Crippen LogP contribution in [-0.4, -0.2) is 35.0 Å². The summed E-state index contributed by atoms with van der Waals surface area (Å²) >= 11 is 0. The average molecular weight is 278 g/mol. The highest BCUT2D eigenvalue weighted by atomic mass is 16.6. The van der Waals surface area contributed by atoms with Gasteiger partial charge in [-0.1, -0.05) is 6.92 Å². The zero-order valence-corrected chi connectivity index (χ0v) is 11.6. The molecule has 108 valence electrons. The lowest BCUT2D eigenvalue weighted by atomic mass is 9.95. The lowest BCUT2D eigenvalue weighted by Gasteiger charge is -2.35. The second-order valence-electron chi connectivity index (χ2n) is 5.29. The van der Waals surface area contributed by atoms with Crippen LogP contribution in [0.1, 0.15) is 30.6 Å². The molecule has 0 aliphatic carbocycles. The number of β-amino-alcohol motifs (C(OH)–C–C–N with tert-alkyl or cyclic N) is 1. The van der Waals surface area contributed by atoms with E-state index in [4.69, 9.17) is 0 Å². The number of aliphatic hydroxyl groups excluding tert-OH is 1. The third-order valence-corrected chi connectivity index (χ3v) is 3.84. The fourth-order valence-electron chi connectivity index (χ4n) is 2.45. The van der Waals surface area contributed by atoms with Crippen molar-refractivity contribution in [3.05, 3.63) is 33.9 Å². The quantitative estimate of drug-likeness (QED) is 0.519. The number of nitrogens with zero attached hydrogens (tertiary/aromatic N) is 2. The van der Waals surface area contributed by atoms with Crippen molar-refractivity contribution in [2.75, 3.05) is 18.0 Å². The van der Waals surface area contributed by atoms with Crippen LogP contribution in [0.2, 0.25) is 0 Å². The first-order chi connectivity index (χ1) is 9.40. The van der Waals surface area contributed by atoms with E-state index in [2.05, 4.69) is 0 Å². The number of anilines is 1. The Balaban J connectivity index is 2.32. The summed E-state index contributed by atoms with van der Waals surface area (Å²) in [7, 11) is 0. The molecular formula is C14H18N2O4. The number of Topliss-reactive ketones (excluding diaryl/α,β-unsaturated/α-hetero) is 1. The summed E-state index contributed by atoms with van der Waals surface area (Å²) < 4.78 is 0. The predicted octanol–water partition coefficient (Wildman–Crippen LogP) is 2.00. The summed E-state index contributed by atoms with van der Waals surface area (Å²) in [5, 5.41) is 21.0. The number of carbonyl (C=O) groups is 1. The van der Waals surface area contributed by atoms with Crippen molar-refractivity contribution in [1.82, 2.24) is 0 Å². The van der Waals surface area contributed by atoms with Gasteiger partial charge in [-0.15, -0.1) is 0 Å². The molecule has 1 aromatic rings. The monoisotopic (exact) mass is 278 g/mol. The van der Waals surface area contributed by atoms with Crippen LogP contribution in [0.5, 0.6) is 0 Å². The van der Waals surface area contributed by atoms with Gasteiger partial charge in [0.25, 0.3) is 5.69 Å². The molecule has 0 saturated carbocycles. The zero-order valence-electron chi connectivity index (χ0n) is 11.6. The smallest absolute Gasteiger partial charge is 0.282 e. The molecular weight excluding hydrogens is 260 g/mol. The topological polar surface area (TPSA) is 83.7 Å². The van der Waals surface area contributed by atoms with Gasteiger partial charge in [-0.25, -0.2) is 0 Å². The van der Waals surface area contributed by atoms with E-state index in [9.17, 15) is 20.0 Å². The Morgan fingerprint density at radius 2 is 2.20 bits per heavy atom. The van der Waals surface area contributed by atoms with Gasteiger partial charge in [0.2, 0.25) is 0 Å². The van der Waals surface area contributed by atoms with Gasteiger partial charge in [0.15, 0.2) is 5.78 Å². The molecule has 1 heterocycles. The van der Waals surface area contributed by atoms with Crippen LogP contribution >= 0.6 is 0 Å². The van der Waals surface area contributed by atoms with Crippen LogP contribution in [-0.2, 0) is 0 Å². The summed E-state index contributed by atoms with van der Waals surface area (Å²) in [5.74, 6) is -0.0896. The highest BCUT2D eigenvalue weighted by Gasteiger charge is 2.26. The lowest BCUT2D eigenvalue weighted by molar-refractivity contribution is -0.385. The molecule has 0 aromatic heterocycles. The first-order valence-electron chi connectivity index (χ1n) is 6.62. The van der Waals surface area contributed by atoms with Gasteiger partial charge < -0.3 is 10.0 Å². The Hall–Kier alpha value is -1.95. The van der Waals surface area contributed by atoms with E-state index in [1.807, 2.05) is 11.8 Å². The molecule has 6 nitrogen and oxygen atoms in total. The highest BCUT2D eigenvalue weighted by molar-refractivity contribution is 5.98. The molecule has 1 aromatic carbocycles. The van der Waals surface area contributed by atoms with Crippen LogP contribution in [0.3, 0.4) is 0 Å². The molecule has 0 bridgehead atoms. The summed E-state index contributed by atoms with van der Waals surface area (Å²) in [5.41, 5.74) is 0.612. The number of piperidine rings is 1. The minimum atomic E-state index is -0.538. The van der Waals surface area contributed by atoms with Gasteiger partial charge in [0.05, 0.1) is 16.6 Å². The van der Waals surface area contributed by atoms with Crippen LogP contribution in [0.15, 0.2) is 18.2 Å². The predicted molar refractivity (Wildman–Crippen MR) is 75.1 cm³/mol. The van der Waals surface area contributed by atoms with Crippen molar-refractivity contribution in [2.24, 2.45) is 5.92 Å². The Morgan fingerprint density at radius 1 is 1.50 bits per heavy atom. The Bertz CT molecular complexity index is 544. The SMILES string of the molecule is CC(=O)c1ccc(N2CCC(C)C(O)C2)cc1[N+](=O)[O-]. The van der Waals surface area contributed by atoms with Gasteiger partial charge in [0.1, 0.15) is 0 Å². The first kappa shape index (κ1) is 14.5. The third-order valence-electron chi connectivity index (χ3n) is 3.84. The molecule has 0 radical (unpaired) electrons. The molecule has 1 aliphatic heterocycles. The van der Waals surface area contributed by atoms with Crippen molar-refractivity contribution < 1.29 is 14.8 Å². The molecule has 1 saturated heterocycles. The second kappa shape index (κ2) is 5.58. The minimum absolute atomic E-state index is 0.115. The normalized spacial score (nSPS) is 22.6. The van der Waals surface area contributed by atoms with Crippen LogP contribution in [0, 0.1) is 16.0 Å². The summed E-state index contributed by atoms with van der Waals surface area (Å²) in [6, 6.07) is 4.60. The van der Waals surface area contributed by atoms with E-state index >= 15 is 0 Å². The molecule has 1 aliphatic rings. The van der Waals surface area contributed by atoms with Gasteiger partial charge in [-0.05, 0) is 31.4 Å². The molecule has 2 unspecified atom stereocenters. The van der Waals surface area contributed by atoms with E-state index < -0.39 is 11.0 Å². The molecule has 0 amide bonds. The van der Waals surface area contributed by atoms with E-state index in [0.717, 1.165) is 13.0 Å². The van der Waals surface area contributed by atoms with Gasteiger partial charge in [-0.3, -0.25) is 14.9 Å². The van der Waals surface area contributed by atoms with Gasteiger partial charge in [0, 0.05) is 24.8 Å². The van der Waals surface area contributed by atoms with Crippen molar-refractivity contribution in [1.29, 1.82) is 0 Å². The Kier molecular flexibility index (Phi) is 4.04. The Labute approximate surface area is 117 Å².